The van der Waals surface area contributed by atoms with Crippen molar-refractivity contribution in [2.45, 2.75) is 0 Å². The highest BCUT2D eigenvalue weighted by molar-refractivity contribution is 7.12. The molecular formula is C17H19ClN2O2S. The van der Waals surface area contributed by atoms with E-state index in [0.717, 1.165) is 43.4 Å². The second-order valence-corrected chi connectivity index (χ2v) is 6.80. The van der Waals surface area contributed by atoms with Gasteiger partial charge in [-0.15, -0.1) is 11.3 Å². The van der Waals surface area contributed by atoms with E-state index in [0.29, 0.717) is 11.6 Å². The number of amides is 1. The minimum absolute atomic E-state index is 0.148. The molecule has 0 N–H and O–H groups in total. The largest absolute Gasteiger partial charge is 0.492 e. The monoisotopic (exact) mass is 350 g/mol. The van der Waals surface area contributed by atoms with Crippen LogP contribution in [-0.2, 0) is 0 Å². The van der Waals surface area contributed by atoms with Crippen LogP contribution in [0.1, 0.15) is 9.67 Å². The highest BCUT2D eigenvalue weighted by atomic mass is 35.5. The summed E-state index contributed by atoms with van der Waals surface area (Å²) in [4.78, 5) is 17.4. The summed E-state index contributed by atoms with van der Waals surface area (Å²) in [6.45, 7) is 4.79. The number of nitrogens with zero attached hydrogens (tertiary/aromatic N) is 2. The van der Waals surface area contributed by atoms with Gasteiger partial charge in [-0.1, -0.05) is 23.7 Å². The summed E-state index contributed by atoms with van der Waals surface area (Å²) < 4.78 is 5.72. The third kappa shape index (κ3) is 4.47. The van der Waals surface area contributed by atoms with Crippen LogP contribution in [0.5, 0.6) is 5.75 Å². The molecule has 1 saturated heterocycles. The summed E-state index contributed by atoms with van der Waals surface area (Å²) in [6, 6.07) is 11.2. The van der Waals surface area contributed by atoms with Gasteiger partial charge < -0.3 is 9.64 Å². The Morgan fingerprint density at radius 3 is 2.70 bits per heavy atom. The van der Waals surface area contributed by atoms with Crippen molar-refractivity contribution >= 4 is 28.8 Å². The van der Waals surface area contributed by atoms with Crippen molar-refractivity contribution in [2.24, 2.45) is 0 Å². The zero-order valence-electron chi connectivity index (χ0n) is 12.8. The highest BCUT2D eigenvalue weighted by Gasteiger charge is 2.22. The van der Waals surface area contributed by atoms with Crippen molar-refractivity contribution in [2.75, 3.05) is 39.3 Å². The van der Waals surface area contributed by atoms with E-state index in [2.05, 4.69) is 4.90 Å². The molecule has 6 heteroatoms. The molecule has 23 heavy (non-hydrogen) atoms. The second-order valence-electron chi connectivity index (χ2n) is 5.42. The van der Waals surface area contributed by atoms with Crippen molar-refractivity contribution in [1.82, 2.24) is 9.80 Å². The molecule has 0 saturated carbocycles. The Morgan fingerprint density at radius 1 is 1.17 bits per heavy atom. The quantitative estimate of drug-likeness (QED) is 0.830. The number of ether oxygens (including phenoxy) is 1. The summed E-state index contributed by atoms with van der Waals surface area (Å²) in [6.07, 6.45) is 0. The number of rotatable bonds is 5. The first-order valence-electron chi connectivity index (χ1n) is 7.66. The number of piperazine rings is 1. The first kappa shape index (κ1) is 16.3. The maximum atomic E-state index is 12.3. The number of hydrogen-bond donors (Lipinski definition) is 0. The van der Waals surface area contributed by atoms with E-state index in [9.17, 15) is 4.79 Å². The van der Waals surface area contributed by atoms with E-state index in [-0.39, 0.29) is 5.91 Å². The molecule has 1 amide bonds. The van der Waals surface area contributed by atoms with Crippen LogP contribution in [0.3, 0.4) is 0 Å². The van der Waals surface area contributed by atoms with E-state index in [4.69, 9.17) is 16.3 Å². The number of halogens is 1. The standard InChI is InChI=1S/C17H19ClN2O2S/c18-14-3-1-4-15(13-14)22-11-10-19-6-8-20(9-7-19)17(21)16-5-2-12-23-16/h1-5,12-13H,6-11H2. The second kappa shape index (κ2) is 7.81. The molecule has 0 radical (unpaired) electrons. The summed E-state index contributed by atoms with van der Waals surface area (Å²) >= 11 is 7.44. The van der Waals surface area contributed by atoms with Gasteiger partial charge in [0, 0.05) is 37.7 Å². The topological polar surface area (TPSA) is 32.8 Å². The van der Waals surface area contributed by atoms with Gasteiger partial charge in [0.15, 0.2) is 0 Å². The van der Waals surface area contributed by atoms with Gasteiger partial charge in [-0.2, -0.15) is 0 Å². The molecule has 1 aromatic heterocycles. The molecule has 0 atom stereocenters. The number of hydrogen-bond acceptors (Lipinski definition) is 4. The average Bonchev–Trinajstić information content (AvgIpc) is 3.09. The van der Waals surface area contributed by atoms with Crippen molar-refractivity contribution < 1.29 is 9.53 Å². The summed E-state index contributed by atoms with van der Waals surface area (Å²) in [5, 5.41) is 2.62. The predicted octanol–water partition coefficient (Wildman–Crippen LogP) is 3.24. The van der Waals surface area contributed by atoms with E-state index in [1.165, 1.54) is 11.3 Å². The predicted molar refractivity (Wildman–Crippen MR) is 93.6 cm³/mol. The molecule has 0 spiro atoms. The first-order chi connectivity index (χ1) is 11.2. The molecule has 2 aromatic rings. The SMILES string of the molecule is O=C(c1cccs1)N1CCN(CCOc2cccc(Cl)c2)CC1. The van der Waals surface area contributed by atoms with Gasteiger partial charge in [-0.05, 0) is 29.6 Å². The molecule has 4 nitrogen and oxygen atoms in total. The summed E-state index contributed by atoms with van der Waals surface area (Å²) in [5.74, 6) is 0.943. The van der Waals surface area contributed by atoms with Gasteiger partial charge >= 0.3 is 0 Å². The molecule has 0 bridgehead atoms. The van der Waals surface area contributed by atoms with Crippen LogP contribution < -0.4 is 4.74 Å². The average molecular weight is 351 g/mol. The summed E-state index contributed by atoms with van der Waals surface area (Å²) in [7, 11) is 0. The molecule has 0 aliphatic carbocycles. The smallest absolute Gasteiger partial charge is 0.264 e. The lowest BCUT2D eigenvalue weighted by molar-refractivity contribution is 0.0625. The number of thiophene rings is 1. The van der Waals surface area contributed by atoms with Crippen LogP contribution >= 0.6 is 22.9 Å². The zero-order chi connectivity index (χ0) is 16.1. The lowest BCUT2D eigenvalue weighted by atomic mass is 10.3. The van der Waals surface area contributed by atoms with Crippen molar-refractivity contribution in [1.29, 1.82) is 0 Å². The summed E-state index contributed by atoms with van der Waals surface area (Å²) in [5.41, 5.74) is 0. The van der Waals surface area contributed by atoms with Crippen molar-refractivity contribution in [3.8, 4) is 5.75 Å². The molecule has 1 aliphatic rings. The minimum atomic E-state index is 0.148. The molecule has 0 unspecified atom stereocenters. The number of carbonyl (C=O) groups excluding carboxylic acids is 1. The van der Waals surface area contributed by atoms with Crippen molar-refractivity contribution in [3.05, 3.63) is 51.7 Å². The van der Waals surface area contributed by atoms with Crippen LogP contribution in [0, 0.1) is 0 Å². The van der Waals surface area contributed by atoms with E-state index >= 15 is 0 Å². The minimum Gasteiger partial charge on any atom is -0.492 e. The van der Waals surface area contributed by atoms with Crippen LogP contribution in [0.2, 0.25) is 5.02 Å². The van der Waals surface area contributed by atoms with Crippen LogP contribution in [0.4, 0.5) is 0 Å². The van der Waals surface area contributed by atoms with E-state index in [1.807, 2.05) is 46.7 Å². The van der Waals surface area contributed by atoms with Gasteiger partial charge in [-0.25, -0.2) is 0 Å². The third-order valence-electron chi connectivity index (χ3n) is 3.86. The number of carbonyl (C=O) groups is 1. The van der Waals surface area contributed by atoms with Crippen LogP contribution in [0.25, 0.3) is 0 Å². The Bertz CT molecular complexity index is 640. The van der Waals surface area contributed by atoms with Crippen molar-refractivity contribution in [3.63, 3.8) is 0 Å². The van der Waals surface area contributed by atoms with Gasteiger partial charge in [0.05, 0.1) is 4.88 Å². The molecule has 3 rings (SSSR count). The normalized spacial score (nSPS) is 15.6. The van der Waals surface area contributed by atoms with E-state index < -0.39 is 0 Å². The van der Waals surface area contributed by atoms with Gasteiger partial charge in [0.2, 0.25) is 0 Å². The lowest BCUT2D eigenvalue weighted by Gasteiger charge is -2.34. The van der Waals surface area contributed by atoms with Gasteiger partial charge in [-0.3, -0.25) is 9.69 Å². The van der Waals surface area contributed by atoms with Gasteiger partial charge in [0.1, 0.15) is 12.4 Å². The third-order valence-corrected chi connectivity index (χ3v) is 4.96. The first-order valence-corrected chi connectivity index (χ1v) is 8.91. The fourth-order valence-corrected chi connectivity index (χ4v) is 3.45. The number of benzene rings is 1. The molecule has 2 heterocycles. The maximum Gasteiger partial charge on any atom is 0.264 e. The van der Waals surface area contributed by atoms with Crippen LogP contribution in [0.15, 0.2) is 41.8 Å². The Hall–Kier alpha value is -1.56. The maximum absolute atomic E-state index is 12.3. The molecule has 1 fully saturated rings. The highest BCUT2D eigenvalue weighted by Crippen LogP contribution is 2.17. The van der Waals surface area contributed by atoms with Crippen LogP contribution in [-0.4, -0.2) is 55.0 Å². The van der Waals surface area contributed by atoms with Gasteiger partial charge in [0.25, 0.3) is 5.91 Å². The molecule has 122 valence electrons. The zero-order valence-corrected chi connectivity index (χ0v) is 14.4. The Labute approximate surface area is 145 Å². The molecular weight excluding hydrogens is 332 g/mol. The fraction of sp³-hybridized carbons (Fsp3) is 0.353. The molecule has 1 aliphatic heterocycles. The lowest BCUT2D eigenvalue weighted by Crippen LogP contribution is -2.49. The Morgan fingerprint density at radius 2 is 2.00 bits per heavy atom. The Kier molecular flexibility index (Phi) is 5.54. The fourth-order valence-electron chi connectivity index (χ4n) is 2.58. The molecule has 1 aromatic carbocycles. The Balaban J connectivity index is 1.40. The van der Waals surface area contributed by atoms with E-state index in [1.54, 1.807) is 0 Å².